The van der Waals surface area contributed by atoms with E-state index in [1.165, 1.54) is 25.5 Å². The molecule has 1 aliphatic rings. The molecular formula is C15H18N4O. The third kappa shape index (κ3) is 2.31. The van der Waals surface area contributed by atoms with Crippen LogP contribution in [0.2, 0.25) is 0 Å². The lowest BCUT2D eigenvalue weighted by atomic mass is 9.99. The second-order valence-electron chi connectivity index (χ2n) is 5.25. The van der Waals surface area contributed by atoms with Crippen molar-refractivity contribution in [1.29, 1.82) is 0 Å². The maximum atomic E-state index is 11.2. The summed E-state index contributed by atoms with van der Waals surface area (Å²) in [7, 11) is 0. The van der Waals surface area contributed by atoms with Gasteiger partial charge in [0.2, 0.25) is 5.91 Å². The summed E-state index contributed by atoms with van der Waals surface area (Å²) in [6, 6.07) is 1.93. The van der Waals surface area contributed by atoms with Gasteiger partial charge in [-0.05, 0) is 43.4 Å². The predicted molar refractivity (Wildman–Crippen MR) is 77.4 cm³/mol. The van der Waals surface area contributed by atoms with Gasteiger partial charge in [-0.15, -0.1) is 0 Å². The van der Waals surface area contributed by atoms with E-state index in [0.717, 1.165) is 29.7 Å². The van der Waals surface area contributed by atoms with E-state index >= 15 is 0 Å². The van der Waals surface area contributed by atoms with Gasteiger partial charge in [-0.3, -0.25) is 9.48 Å². The molecule has 20 heavy (non-hydrogen) atoms. The first-order chi connectivity index (χ1) is 9.65. The highest BCUT2D eigenvalue weighted by atomic mass is 16.1. The smallest absolute Gasteiger partial charge is 0.222 e. The van der Waals surface area contributed by atoms with Crippen LogP contribution in [0.3, 0.4) is 0 Å². The first kappa shape index (κ1) is 12.8. The van der Waals surface area contributed by atoms with Gasteiger partial charge < -0.3 is 5.32 Å². The lowest BCUT2D eigenvalue weighted by Crippen LogP contribution is -2.11. The maximum absolute atomic E-state index is 11.2. The number of rotatable bonds is 2. The average molecular weight is 270 g/mol. The third-order valence-electron chi connectivity index (χ3n) is 3.68. The highest BCUT2D eigenvalue weighted by Gasteiger charge is 2.17. The van der Waals surface area contributed by atoms with E-state index in [1.54, 1.807) is 6.20 Å². The Morgan fingerprint density at radius 3 is 2.95 bits per heavy atom. The zero-order valence-electron chi connectivity index (χ0n) is 11.8. The summed E-state index contributed by atoms with van der Waals surface area (Å²) in [5.41, 5.74) is 4.66. The monoisotopic (exact) mass is 270 g/mol. The topological polar surface area (TPSA) is 59.8 Å². The number of aromatic nitrogens is 3. The van der Waals surface area contributed by atoms with Crippen LogP contribution in [0, 0.1) is 6.92 Å². The van der Waals surface area contributed by atoms with E-state index in [1.807, 2.05) is 19.2 Å². The molecule has 1 aliphatic heterocycles. The minimum Gasteiger partial charge on any atom is -0.311 e. The fourth-order valence-electron chi connectivity index (χ4n) is 2.71. The Morgan fingerprint density at radius 1 is 1.30 bits per heavy atom. The SMILES string of the molecule is CC(=O)Nc1cc(-c2cnn3c2CCCC3)c(C)cn1. The summed E-state index contributed by atoms with van der Waals surface area (Å²) in [5, 5.41) is 7.21. The summed E-state index contributed by atoms with van der Waals surface area (Å²) in [5.74, 6) is 0.484. The largest absolute Gasteiger partial charge is 0.311 e. The van der Waals surface area contributed by atoms with Gasteiger partial charge in [-0.25, -0.2) is 4.98 Å². The van der Waals surface area contributed by atoms with Gasteiger partial charge in [0.05, 0.1) is 6.20 Å². The Labute approximate surface area is 118 Å². The number of fused-ring (bicyclic) bond motifs is 1. The fraction of sp³-hybridized carbons (Fsp3) is 0.400. The number of amides is 1. The van der Waals surface area contributed by atoms with Crippen LogP contribution >= 0.6 is 0 Å². The van der Waals surface area contributed by atoms with E-state index in [-0.39, 0.29) is 5.91 Å². The molecule has 2 aromatic rings. The van der Waals surface area contributed by atoms with Crippen LogP contribution in [0.5, 0.6) is 0 Å². The molecule has 0 saturated heterocycles. The van der Waals surface area contributed by atoms with E-state index in [2.05, 4.69) is 20.1 Å². The van der Waals surface area contributed by atoms with Crippen molar-refractivity contribution in [3.05, 3.63) is 29.7 Å². The zero-order chi connectivity index (χ0) is 14.1. The van der Waals surface area contributed by atoms with Crippen LogP contribution in [0.1, 0.15) is 31.0 Å². The summed E-state index contributed by atoms with van der Waals surface area (Å²) in [4.78, 5) is 15.4. The second kappa shape index (κ2) is 5.07. The van der Waals surface area contributed by atoms with Crippen molar-refractivity contribution in [3.8, 4) is 11.1 Å². The maximum Gasteiger partial charge on any atom is 0.222 e. The molecule has 0 bridgehead atoms. The molecule has 0 saturated carbocycles. The van der Waals surface area contributed by atoms with E-state index < -0.39 is 0 Å². The molecule has 0 aliphatic carbocycles. The molecule has 5 nitrogen and oxygen atoms in total. The van der Waals surface area contributed by atoms with E-state index in [4.69, 9.17) is 0 Å². The first-order valence-electron chi connectivity index (χ1n) is 6.94. The van der Waals surface area contributed by atoms with Gasteiger partial charge >= 0.3 is 0 Å². The van der Waals surface area contributed by atoms with Gasteiger partial charge in [0.25, 0.3) is 0 Å². The number of hydrogen-bond acceptors (Lipinski definition) is 3. The number of hydrogen-bond donors (Lipinski definition) is 1. The normalized spacial score (nSPS) is 13.9. The molecule has 0 atom stereocenters. The van der Waals surface area contributed by atoms with Crippen LogP contribution in [0.15, 0.2) is 18.5 Å². The molecule has 3 rings (SSSR count). The molecular weight excluding hydrogens is 252 g/mol. The van der Waals surface area contributed by atoms with Crippen LogP contribution < -0.4 is 5.32 Å². The molecule has 0 unspecified atom stereocenters. The number of carbonyl (C=O) groups is 1. The molecule has 1 amide bonds. The van der Waals surface area contributed by atoms with Crippen LogP contribution in [0.4, 0.5) is 5.82 Å². The molecule has 5 heteroatoms. The fourth-order valence-corrected chi connectivity index (χ4v) is 2.71. The molecule has 0 fully saturated rings. The van der Waals surface area contributed by atoms with Crippen LogP contribution in [0.25, 0.3) is 11.1 Å². The Kier molecular flexibility index (Phi) is 3.26. The minimum atomic E-state index is -0.107. The van der Waals surface area contributed by atoms with Crippen LogP contribution in [-0.4, -0.2) is 20.7 Å². The molecule has 0 aromatic carbocycles. The van der Waals surface area contributed by atoms with Gasteiger partial charge in [0, 0.05) is 30.9 Å². The number of nitrogens with zero attached hydrogens (tertiary/aromatic N) is 3. The van der Waals surface area contributed by atoms with Gasteiger partial charge in [0.1, 0.15) is 5.82 Å². The number of anilines is 1. The van der Waals surface area contributed by atoms with Crippen molar-refractivity contribution in [1.82, 2.24) is 14.8 Å². The lowest BCUT2D eigenvalue weighted by Gasteiger charge is -2.15. The number of nitrogens with one attached hydrogen (secondary N) is 1. The third-order valence-corrected chi connectivity index (χ3v) is 3.68. The number of carbonyl (C=O) groups excluding carboxylic acids is 1. The second-order valence-corrected chi connectivity index (χ2v) is 5.25. The molecule has 0 spiro atoms. The Bertz CT molecular complexity index is 660. The minimum absolute atomic E-state index is 0.107. The summed E-state index contributed by atoms with van der Waals surface area (Å²) >= 11 is 0. The van der Waals surface area contributed by atoms with Crippen molar-refractivity contribution in [2.24, 2.45) is 0 Å². The molecule has 2 aromatic heterocycles. The Morgan fingerprint density at radius 2 is 2.15 bits per heavy atom. The highest BCUT2D eigenvalue weighted by Crippen LogP contribution is 2.31. The van der Waals surface area contributed by atoms with Gasteiger partial charge in [-0.1, -0.05) is 0 Å². The number of aryl methyl sites for hydroxylation is 2. The lowest BCUT2D eigenvalue weighted by molar-refractivity contribution is -0.114. The first-order valence-corrected chi connectivity index (χ1v) is 6.94. The molecule has 0 radical (unpaired) electrons. The molecule has 1 N–H and O–H groups in total. The van der Waals surface area contributed by atoms with Gasteiger partial charge in [0.15, 0.2) is 0 Å². The van der Waals surface area contributed by atoms with E-state index in [0.29, 0.717) is 5.82 Å². The number of pyridine rings is 1. The van der Waals surface area contributed by atoms with Crippen LogP contribution in [-0.2, 0) is 17.8 Å². The van der Waals surface area contributed by atoms with Crippen molar-refractivity contribution in [3.63, 3.8) is 0 Å². The van der Waals surface area contributed by atoms with Crippen molar-refractivity contribution in [2.75, 3.05) is 5.32 Å². The Hall–Kier alpha value is -2.17. The van der Waals surface area contributed by atoms with E-state index in [9.17, 15) is 4.79 Å². The predicted octanol–water partition coefficient (Wildman–Crippen LogP) is 2.55. The molecule has 3 heterocycles. The Balaban J connectivity index is 2.05. The summed E-state index contributed by atoms with van der Waals surface area (Å²) < 4.78 is 2.09. The van der Waals surface area contributed by atoms with Crippen molar-refractivity contribution in [2.45, 2.75) is 39.7 Å². The molecule has 104 valence electrons. The van der Waals surface area contributed by atoms with Crippen molar-refractivity contribution < 1.29 is 4.79 Å². The summed E-state index contributed by atoms with van der Waals surface area (Å²) in [6.07, 6.45) is 7.20. The van der Waals surface area contributed by atoms with Gasteiger partial charge in [-0.2, -0.15) is 5.10 Å². The average Bonchev–Trinajstić information content (AvgIpc) is 2.84. The zero-order valence-corrected chi connectivity index (χ0v) is 11.8. The standard InChI is InChI=1S/C15H18N4O/c1-10-8-16-15(18-11(2)20)7-12(10)13-9-17-19-6-4-3-5-14(13)19/h7-9H,3-6H2,1-2H3,(H,16,18,20). The quantitative estimate of drug-likeness (QED) is 0.912. The highest BCUT2D eigenvalue weighted by molar-refractivity contribution is 5.88. The summed E-state index contributed by atoms with van der Waals surface area (Å²) in [6.45, 7) is 4.52. The van der Waals surface area contributed by atoms with Crippen molar-refractivity contribution >= 4 is 11.7 Å².